The van der Waals surface area contributed by atoms with Gasteiger partial charge in [-0.3, -0.25) is 9.59 Å². The van der Waals surface area contributed by atoms with Crippen molar-refractivity contribution in [2.45, 2.75) is 26.7 Å². The van der Waals surface area contributed by atoms with Crippen molar-refractivity contribution in [1.29, 1.82) is 5.26 Å². The lowest BCUT2D eigenvalue weighted by molar-refractivity contribution is -0.128. The molecule has 1 fully saturated rings. The first-order chi connectivity index (χ1) is 11.5. The van der Waals surface area contributed by atoms with E-state index in [2.05, 4.69) is 17.6 Å². The van der Waals surface area contributed by atoms with Crippen molar-refractivity contribution in [2.24, 2.45) is 5.92 Å². The summed E-state index contributed by atoms with van der Waals surface area (Å²) >= 11 is 0. The van der Waals surface area contributed by atoms with Crippen LogP contribution in [0.2, 0.25) is 0 Å². The smallest absolute Gasteiger partial charge is 0.266 e. The fourth-order valence-corrected chi connectivity index (χ4v) is 2.57. The van der Waals surface area contributed by atoms with Gasteiger partial charge in [-0.2, -0.15) is 5.26 Å². The van der Waals surface area contributed by atoms with E-state index in [9.17, 15) is 14.9 Å². The van der Waals surface area contributed by atoms with Crippen LogP contribution < -0.4 is 10.6 Å². The number of piperidine rings is 1. The van der Waals surface area contributed by atoms with Crippen LogP contribution in [0.25, 0.3) is 0 Å². The number of anilines is 2. The monoisotopic (exact) mass is 326 g/mol. The Bertz CT molecular complexity index is 683. The van der Waals surface area contributed by atoms with E-state index in [1.165, 1.54) is 13.1 Å². The van der Waals surface area contributed by atoms with Gasteiger partial charge in [-0.25, -0.2) is 0 Å². The van der Waals surface area contributed by atoms with Gasteiger partial charge < -0.3 is 15.5 Å². The average Bonchev–Trinajstić information content (AvgIpc) is 2.55. The number of carbonyl (C=O) groups excluding carboxylic acids is 2. The summed E-state index contributed by atoms with van der Waals surface area (Å²) < 4.78 is 0. The van der Waals surface area contributed by atoms with E-state index in [0.717, 1.165) is 12.8 Å². The molecule has 0 bridgehead atoms. The molecule has 1 aromatic carbocycles. The van der Waals surface area contributed by atoms with Crippen molar-refractivity contribution in [3.8, 4) is 6.07 Å². The van der Waals surface area contributed by atoms with Gasteiger partial charge in [0.1, 0.15) is 11.6 Å². The minimum Gasteiger partial charge on any atom is -0.360 e. The zero-order valence-electron chi connectivity index (χ0n) is 14.0. The van der Waals surface area contributed by atoms with Gasteiger partial charge in [-0.1, -0.05) is 13.0 Å². The van der Waals surface area contributed by atoms with Crippen molar-refractivity contribution in [2.75, 3.05) is 23.7 Å². The zero-order valence-corrected chi connectivity index (χ0v) is 14.0. The fourth-order valence-electron chi connectivity index (χ4n) is 2.57. The SMILES string of the molecule is CC(=O)Nc1cccc(N/C=C(/C#N)C(=O)N2CCC(C)CC2)c1. The third-order valence-corrected chi connectivity index (χ3v) is 3.99. The predicted octanol–water partition coefficient (Wildman–Crippen LogP) is 2.72. The number of rotatable bonds is 4. The van der Waals surface area contributed by atoms with Gasteiger partial charge in [0.25, 0.3) is 5.91 Å². The van der Waals surface area contributed by atoms with Crippen LogP contribution in [0.15, 0.2) is 36.0 Å². The topological polar surface area (TPSA) is 85.2 Å². The highest BCUT2D eigenvalue weighted by Crippen LogP contribution is 2.18. The Hall–Kier alpha value is -2.81. The van der Waals surface area contributed by atoms with Crippen molar-refractivity contribution in [3.05, 3.63) is 36.0 Å². The number of nitrogens with one attached hydrogen (secondary N) is 2. The Morgan fingerprint density at radius 3 is 2.58 bits per heavy atom. The number of likely N-dealkylation sites (tertiary alicyclic amines) is 1. The highest BCUT2D eigenvalue weighted by molar-refractivity contribution is 5.97. The number of benzene rings is 1. The lowest BCUT2D eigenvalue weighted by Crippen LogP contribution is -2.38. The average molecular weight is 326 g/mol. The van der Waals surface area contributed by atoms with Gasteiger partial charge in [0.05, 0.1) is 0 Å². The summed E-state index contributed by atoms with van der Waals surface area (Å²) in [6, 6.07) is 9.04. The van der Waals surface area contributed by atoms with Crippen LogP contribution in [0.3, 0.4) is 0 Å². The molecule has 0 saturated carbocycles. The van der Waals surface area contributed by atoms with E-state index in [1.807, 2.05) is 6.07 Å². The number of nitriles is 1. The molecule has 126 valence electrons. The van der Waals surface area contributed by atoms with Crippen LogP contribution in [0.4, 0.5) is 11.4 Å². The van der Waals surface area contributed by atoms with Crippen molar-refractivity contribution < 1.29 is 9.59 Å². The van der Waals surface area contributed by atoms with Crippen LogP contribution in [0, 0.1) is 17.2 Å². The quantitative estimate of drug-likeness (QED) is 0.658. The second-order valence-corrected chi connectivity index (χ2v) is 6.05. The van der Waals surface area contributed by atoms with Crippen LogP contribution in [-0.2, 0) is 9.59 Å². The number of hydrogen-bond acceptors (Lipinski definition) is 4. The Morgan fingerprint density at radius 1 is 1.29 bits per heavy atom. The molecule has 2 amide bonds. The minimum atomic E-state index is -0.241. The molecule has 1 heterocycles. The first kappa shape index (κ1) is 17.5. The molecule has 6 heteroatoms. The fraction of sp³-hybridized carbons (Fsp3) is 0.389. The van der Waals surface area contributed by atoms with Crippen molar-refractivity contribution in [3.63, 3.8) is 0 Å². The Labute approximate surface area is 142 Å². The molecule has 2 N–H and O–H groups in total. The number of carbonyl (C=O) groups is 2. The van der Waals surface area contributed by atoms with E-state index < -0.39 is 0 Å². The van der Waals surface area contributed by atoms with Gasteiger partial charge in [-0.05, 0) is 37.0 Å². The van der Waals surface area contributed by atoms with E-state index in [-0.39, 0.29) is 17.4 Å². The van der Waals surface area contributed by atoms with Crippen molar-refractivity contribution in [1.82, 2.24) is 4.90 Å². The maximum Gasteiger partial charge on any atom is 0.266 e. The molecule has 2 rings (SSSR count). The normalized spacial score (nSPS) is 15.5. The van der Waals surface area contributed by atoms with Crippen LogP contribution in [0.5, 0.6) is 0 Å². The van der Waals surface area contributed by atoms with Gasteiger partial charge in [-0.15, -0.1) is 0 Å². The molecule has 0 radical (unpaired) electrons. The predicted molar refractivity (Wildman–Crippen MR) is 93.0 cm³/mol. The maximum absolute atomic E-state index is 12.4. The second kappa shape index (κ2) is 8.16. The standard InChI is InChI=1S/C18H22N4O2/c1-13-6-8-22(9-7-13)18(24)15(11-19)12-20-16-4-3-5-17(10-16)21-14(2)23/h3-5,10,12-13,20H,6-9H2,1-2H3,(H,21,23)/b15-12-. The zero-order chi connectivity index (χ0) is 17.5. The molecule has 6 nitrogen and oxygen atoms in total. The molecule has 0 aliphatic carbocycles. The molecule has 1 saturated heterocycles. The molecular formula is C18H22N4O2. The largest absolute Gasteiger partial charge is 0.360 e. The van der Waals surface area contributed by atoms with E-state index in [4.69, 9.17) is 0 Å². The molecule has 1 aliphatic rings. The van der Waals surface area contributed by atoms with E-state index in [1.54, 1.807) is 29.2 Å². The van der Waals surface area contributed by atoms with Crippen LogP contribution in [0.1, 0.15) is 26.7 Å². The molecule has 0 aromatic heterocycles. The lowest BCUT2D eigenvalue weighted by atomic mass is 9.99. The summed E-state index contributed by atoms with van der Waals surface area (Å²) in [5.74, 6) is 0.225. The molecular weight excluding hydrogens is 304 g/mol. The highest BCUT2D eigenvalue weighted by atomic mass is 16.2. The summed E-state index contributed by atoms with van der Waals surface area (Å²) in [4.78, 5) is 25.2. The molecule has 1 aromatic rings. The summed E-state index contributed by atoms with van der Waals surface area (Å²) in [6.45, 7) is 4.99. The molecule has 24 heavy (non-hydrogen) atoms. The number of hydrogen-bond donors (Lipinski definition) is 2. The first-order valence-electron chi connectivity index (χ1n) is 8.03. The third-order valence-electron chi connectivity index (χ3n) is 3.99. The highest BCUT2D eigenvalue weighted by Gasteiger charge is 2.22. The number of amides is 2. The van der Waals surface area contributed by atoms with Crippen LogP contribution in [-0.4, -0.2) is 29.8 Å². The van der Waals surface area contributed by atoms with E-state index >= 15 is 0 Å². The maximum atomic E-state index is 12.4. The lowest BCUT2D eigenvalue weighted by Gasteiger charge is -2.30. The minimum absolute atomic E-state index is 0.0782. The third kappa shape index (κ3) is 4.85. The Kier molecular flexibility index (Phi) is 5.96. The second-order valence-electron chi connectivity index (χ2n) is 6.05. The summed E-state index contributed by atoms with van der Waals surface area (Å²) in [5.41, 5.74) is 1.42. The first-order valence-corrected chi connectivity index (χ1v) is 8.03. The Balaban J connectivity index is 2.04. The molecule has 1 aliphatic heterocycles. The summed E-state index contributed by atoms with van der Waals surface area (Å²) in [5, 5.41) is 14.9. The van der Waals surface area contributed by atoms with Gasteiger partial charge in [0.15, 0.2) is 0 Å². The summed E-state index contributed by atoms with van der Waals surface area (Å²) in [7, 11) is 0. The number of nitrogens with zero attached hydrogens (tertiary/aromatic N) is 2. The Morgan fingerprint density at radius 2 is 1.96 bits per heavy atom. The molecule has 0 unspecified atom stereocenters. The summed E-state index contributed by atoms with van der Waals surface area (Å²) in [6.07, 6.45) is 3.36. The van der Waals surface area contributed by atoms with Gasteiger partial charge in [0.2, 0.25) is 5.91 Å². The van der Waals surface area contributed by atoms with Crippen molar-refractivity contribution >= 4 is 23.2 Å². The molecule has 0 atom stereocenters. The van der Waals surface area contributed by atoms with E-state index in [0.29, 0.717) is 30.4 Å². The van der Waals surface area contributed by atoms with Gasteiger partial charge >= 0.3 is 0 Å². The molecule has 0 spiro atoms. The van der Waals surface area contributed by atoms with Gasteiger partial charge in [0, 0.05) is 37.6 Å². The van der Waals surface area contributed by atoms with Crippen LogP contribution >= 0.6 is 0 Å².